The van der Waals surface area contributed by atoms with Gasteiger partial charge in [0, 0.05) is 25.7 Å². The molecule has 8 nitrogen and oxygen atoms in total. The molecule has 0 radical (unpaired) electrons. The molecule has 0 unspecified atom stereocenters. The first kappa shape index (κ1) is 21.5. The number of non-ortho nitro benzene ring substituents is 1. The van der Waals surface area contributed by atoms with Gasteiger partial charge in [-0.25, -0.2) is 8.42 Å². The van der Waals surface area contributed by atoms with Crippen molar-refractivity contribution in [2.45, 2.75) is 25.0 Å². The minimum absolute atomic E-state index is 0.0732. The Bertz CT molecular complexity index is 982. The molecule has 0 saturated heterocycles. The van der Waals surface area contributed by atoms with E-state index in [1.165, 1.54) is 51.4 Å². The van der Waals surface area contributed by atoms with Crippen LogP contribution in [0.2, 0.25) is 0 Å². The number of aryl methyl sites for hydroxylation is 1. The number of sulfonamides is 1. The molecule has 152 valence electrons. The SMILES string of the molecule is COc1ccc(CN(C)S(=O)(=O)c2cc([N+](=O)[O-])ccc2C)cc1OC(F)F. The van der Waals surface area contributed by atoms with Crippen molar-refractivity contribution in [3.05, 3.63) is 57.6 Å². The van der Waals surface area contributed by atoms with Gasteiger partial charge in [-0.2, -0.15) is 13.1 Å². The molecule has 0 aliphatic heterocycles. The minimum Gasteiger partial charge on any atom is -0.493 e. The zero-order chi connectivity index (χ0) is 21.1. The van der Waals surface area contributed by atoms with Crippen LogP contribution in [0.15, 0.2) is 41.3 Å². The van der Waals surface area contributed by atoms with E-state index in [4.69, 9.17) is 4.74 Å². The number of alkyl halides is 2. The normalized spacial score (nSPS) is 11.7. The highest BCUT2D eigenvalue weighted by atomic mass is 32.2. The van der Waals surface area contributed by atoms with Crippen molar-refractivity contribution in [1.29, 1.82) is 0 Å². The maximum absolute atomic E-state index is 12.8. The molecule has 11 heteroatoms. The van der Waals surface area contributed by atoms with Gasteiger partial charge in [0.05, 0.1) is 16.9 Å². The Morgan fingerprint density at radius 2 is 1.86 bits per heavy atom. The van der Waals surface area contributed by atoms with Crippen molar-refractivity contribution in [2.24, 2.45) is 0 Å². The Labute approximate surface area is 160 Å². The molecule has 0 aliphatic carbocycles. The summed E-state index contributed by atoms with van der Waals surface area (Å²) in [5, 5.41) is 10.9. The first-order valence-corrected chi connectivity index (χ1v) is 9.33. The molecule has 0 spiro atoms. The van der Waals surface area contributed by atoms with Gasteiger partial charge in [0.25, 0.3) is 5.69 Å². The van der Waals surface area contributed by atoms with Crippen LogP contribution in [0.4, 0.5) is 14.5 Å². The lowest BCUT2D eigenvalue weighted by Crippen LogP contribution is -2.27. The molecule has 2 aromatic carbocycles. The molecule has 0 amide bonds. The zero-order valence-electron chi connectivity index (χ0n) is 15.3. The largest absolute Gasteiger partial charge is 0.493 e. The Kier molecular flexibility index (Phi) is 6.52. The van der Waals surface area contributed by atoms with E-state index in [-0.39, 0.29) is 28.6 Å². The van der Waals surface area contributed by atoms with Crippen LogP contribution < -0.4 is 9.47 Å². The van der Waals surface area contributed by atoms with Gasteiger partial charge in [-0.05, 0) is 30.2 Å². The van der Waals surface area contributed by atoms with E-state index in [9.17, 15) is 27.3 Å². The van der Waals surface area contributed by atoms with Gasteiger partial charge in [0.1, 0.15) is 0 Å². The Balaban J connectivity index is 2.35. The number of hydrogen-bond donors (Lipinski definition) is 0. The Morgan fingerprint density at radius 3 is 2.43 bits per heavy atom. The summed E-state index contributed by atoms with van der Waals surface area (Å²) >= 11 is 0. The quantitative estimate of drug-likeness (QED) is 0.483. The summed E-state index contributed by atoms with van der Waals surface area (Å²) in [6.45, 7) is -1.72. The highest BCUT2D eigenvalue weighted by molar-refractivity contribution is 7.89. The summed E-state index contributed by atoms with van der Waals surface area (Å²) in [5.41, 5.74) is 0.356. The molecule has 0 N–H and O–H groups in total. The van der Waals surface area contributed by atoms with Gasteiger partial charge in [0.15, 0.2) is 11.5 Å². The van der Waals surface area contributed by atoms with Crippen molar-refractivity contribution < 1.29 is 31.6 Å². The standard InChI is InChI=1S/C17H18F2N2O6S/c1-11-4-6-13(21(22)23)9-16(11)28(24,25)20(2)10-12-5-7-14(26-3)15(8-12)27-17(18)19/h4-9,17H,10H2,1-3H3. The van der Waals surface area contributed by atoms with E-state index in [1.807, 2.05) is 0 Å². The number of hydrogen-bond acceptors (Lipinski definition) is 6. The molecule has 2 aromatic rings. The average Bonchev–Trinajstić information content (AvgIpc) is 2.61. The number of nitro groups is 1. The van der Waals surface area contributed by atoms with Crippen LogP contribution in [0.1, 0.15) is 11.1 Å². The molecule has 2 rings (SSSR count). The molecule has 28 heavy (non-hydrogen) atoms. The minimum atomic E-state index is -4.07. The molecule has 0 bridgehead atoms. The fraction of sp³-hybridized carbons (Fsp3) is 0.294. The summed E-state index contributed by atoms with van der Waals surface area (Å²) in [5.74, 6) is -0.156. The van der Waals surface area contributed by atoms with Crippen molar-refractivity contribution in [2.75, 3.05) is 14.2 Å². The van der Waals surface area contributed by atoms with E-state index < -0.39 is 21.6 Å². The second-order valence-electron chi connectivity index (χ2n) is 5.83. The molecule has 0 heterocycles. The van der Waals surface area contributed by atoms with Crippen molar-refractivity contribution in [3.8, 4) is 11.5 Å². The number of nitro benzene ring substituents is 1. The van der Waals surface area contributed by atoms with Crippen LogP contribution in [0.3, 0.4) is 0 Å². The molecule has 0 saturated carbocycles. The van der Waals surface area contributed by atoms with Gasteiger partial charge in [-0.15, -0.1) is 0 Å². The molecule has 0 fully saturated rings. The van der Waals surface area contributed by atoms with Crippen molar-refractivity contribution in [3.63, 3.8) is 0 Å². The van der Waals surface area contributed by atoms with Crippen LogP contribution >= 0.6 is 0 Å². The summed E-state index contributed by atoms with van der Waals surface area (Å²) < 4.78 is 61.1. The average molecular weight is 416 g/mol. The Hall–Kier alpha value is -2.79. The van der Waals surface area contributed by atoms with Crippen LogP contribution in [0.5, 0.6) is 11.5 Å². The summed E-state index contributed by atoms with van der Waals surface area (Å²) in [6.07, 6.45) is 0. The molecule has 0 aromatic heterocycles. The molecular weight excluding hydrogens is 398 g/mol. The molecular formula is C17H18F2N2O6S. The van der Waals surface area contributed by atoms with E-state index in [2.05, 4.69) is 4.74 Å². The van der Waals surface area contributed by atoms with E-state index in [1.54, 1.807) is 0 Å². The smallest absolute Gasteiger partial charge is 0.387 e. The van der Waals surface area contributed by atoms with E-state index >= 15 is 0 Å². The monoisotopic (exact) mass is 416 g/mol. The molecule has 0 atom stereocenters. The summed E-state index contributed by atoms with van der Waals surface area (Å²) in [6, 6.07) is 7.68. The highest BCUT2D eigenvalue weighted by Gasteiger charge is 2.25. The van der Waals surface area contributed by atoms with Gasteiger partial charge in [-0.3, -0.25) is 10.1 Å². The zero-order valence-corrected chi connectivity index (χ0v) is 16.1. The second-order valence-corrected chi connectivity index (χ2v) is 7.85. The Morgan fingerprint density at radius 1 is 1.18 bits per heavy atom. The maximum atomic E-state index is 12.8. The number of benzene rings is 2. The van der Waals surface area contributed by atoms with Gasteiger partial charge in [-0.1, -0.05) is 12.1 Å². The van der Waals surface area contributed by atoms with Crippen LogP contribution in [-0.2, 0) is 16.6 Å². The third-order valence-electron chi connectivity index (χ3n) is 3.92. The third kappa shape index (κ3) is 4.73. The topological polar surface area (TPSA) is 99.0 Å². The second kappa shape index (κ2) is 8.48. The van der Waals surface area contributed by atoms with E-state index in [0.29, 0.717) is 11.1 Å². The van der Waals surface area contributed by atoms with Crippen LogP contribution in [0.25, 0.3) is 0 Å². The lowest BCUT2D eigenvalue weighted by molar-refractivity contribution is -0.385. The summed E-state index contributed by atoms with van der Waals surface area (Å²) in [4.78, 5) is 10.1. The third-order valence-corrected chi connectivity index (χ3v) is 5.87. The van der Waals surface area contributed by atoms with Crippen molar-refractivity contribution >= 4 is 15.7 Å². The number of nitrogens with zero attached hydrogens (tertiary/aromatic N) is 2. The predicted octanol–water partition coefficient (Wildman–Crippen LogP) is 3.33. The van der Waals surface area contributed by atoms with Gasteiger partial charge in [0.2, 0.25) is 10.0 Å². The van der Waals surface area contributed by atoms with Crippen molar-refractivity contribution in [1.82, 2.24) is 4.31 Å². The number of rotatable bonds is 8. The fourth-order valence-electron chi connectivity index (χ4n) is 2.50. The predicted molar refractivity (Wildman–Crippen MR) is 96.1 cm³/mol. The number of halogens is 2. The van der Waals surface area contributed by atoms with Gasteiger partial charge < -0.3 is 9.47 Å². The number of ether oxygens (including phenoxy) is 2. The fourth-order valence-corrected chi connectivity index (χ4v) is 3.90. The van der Waals surface area contributed by atoms with E-state index in [0.717, 1.165) is 10.4 Å². The van der Waals surface area contributed by atoms with Gasteiger partial charge >= 0.3 is 6.61 Å². The maximum Gasteiger partial charge on any atom is 0.387 e. The first-order valence-electron chi connectivity index (χ1n) is 7.89. The lowest BCUT2D eigenvalue weighted by atomic mass is 10.2. The highest BCUT2D eigenvalue weighted by Crippen LogP contribution is 2.31. The molecule has 0 aliphatic rings. The van der Waals surface area contributed by atoms with Crippen LogP contribution in [-0.4, -0.2) is 38.4 Å². The van der Waals surface area contributed by atoms with Crippen LogP contribution in [0, 0.1) is 17.0 Å². The first-order chi connectivity index (χ1) is 13.1. The lowest BCUT2D eigenvalue weighted by Gasteiger charge is -2.19. The number of methoxy groups -OCH3 is 1. The summed E-state index contributed by atoms with van der Waals surface area (Å²) in [7, 11) is -1.50.